The fraction of sp³-hybridized carbons (Fsp3) is 0.0625. The number of rotatable bonds is 1. The highest BCUT2D eigenvalue weighted by molar-refractivity contribution is 5.96. The van der Waals surface area contributed by atoms with Crippen LogP contribution in [0, 0.1) is 0 Å². The highest BCUT2D eigenvalue weighted by atomic mass is 15.1. The summed E-state index contributed by atoms with van der Waals surface area (Å²) in [6.07, 6.45) is 5.71. The lowest BCUT2D eigenvalue weighted by Gasteiger charge is -2.20. The van der Waals surface area contributed by atoms with E-state index >= 15 is 0 Å². The van der Waals surface area contributed by atoms with Crippen molar-refractivity contribution in [3.05, 3.63) is 65.8 Å². The second-order valence-corrected chi connectivity index (χ2v) is 4.83. The van der Waals surface area contributed by atoms with Crippen molar-refractivity contribution in [1.29, 1.82) is 0 Å². The van der Waals surface area contributed by atoms with Crippen molar-refractivity contribution >= 4 is 22.8 Å². The Morgan fingerprint density at radius 2 is 1.85 bits per heavy atom. The minimum Gasteiger partial charge on any atom is -0.368 e. The molecule has 2 N–H and O–H groups in total. The number of hydrogen-bond donors (Lipinski definition) is 1. The molecule has 0 amide bonds. The van der Waals surface area contributed by atoms with Crippen molar-refractivity contribution in [2.24, 2.45) is 0 Å². The Kier molecular flexibility index (Phi) is 2.29. The Bertz CT molecular complexity index is 834. The van der Waals surface area contributed by atoms with Gasteiger partial charge in [-0.1, -0.05) is 48.6 Å². The fourth-order valence-corrected chi connectivity index (χ4v) is 2.80. The van der Waals surface area contributed by atoms with Crippen LogP contribution in [-0.4, -0.2) is 15.0 Å². The topological polar surface area (TPSA) is 64.7 Å². The van der Waals surface area contributed by atoms with Crippen molar-refractivity contribution in [1.82, 2.24) is 15.0 Å². The summed E-state index contributed by atoms with van der Waals surface area (Å²) in [4.78, 5) is 12.4. The third-order valence-corrected chi connectivity index (χ3v) is 3.66. The first-order chi connectivity index (χ1) is 9.83. The van der Waals surface area contributed by atoms with Gasteiger partial charge in [0.25, 0.3) is 0 Å². The summed E-state index contributed by atoms with van der Waals surface area (Å²) in [6.45, 7) is 0. The molecule has 0 radical (unpaired) electrons. The van der Waals surface area contributed by atoms with E-state index in [-0.39, 0.29) is 11.9 Å². The van der Waals surface area contributed by atoms with Gasteiger partial charge in [0.15, 0.2) is 0 Å². The Balaban J connectivity index is 1.98. The summed E-state index contributed by atoms with van der Waals surface area (Å²) in [7, 11) is 0. The number of benzene rings is 2. The van der Waals surface area contributed by atoms with E-state index < -0.39 is 0 Å². The molecule has 4 rings (SSSR count). The molecule has 0 saturated heterocycles. The van der Waals surface area contributed by atoms with Gasteiger partial charge in [-0.15, -0.1) is 0 Å². The smallest absolute Gasteiger partial charge is 0.223 e. The van der Waals surface area contributed by atoms with Crippen molar-refractivity contribution in [2.45, 2.75) is 5.92 Å². The molecule has 4 nitrogen and oxygen atoms in total. The van der Waals surface area contributed by atoms with E-state index in [9.17, 15) is 0 Å². The van der Waals surface area contributed by atoms with Crippen molar-refractivity contribution in [3.63, 3.8) is 0 Å². The molecule has 0 spiro atoms. The van der Waals surface area contributed by atoms with Crippen LogP contribution in [0.3, 0.4) is 0 Å². The number of aromatic nitrogens is 3. The molecule has 0 bridgehead atoms. The van der Waals surface area contributed by atoms with Gasteiger partial charge >= 0.3 is 0 Å². The number of nitrogen functional groups attached to an aromatic ring is 1. The molecule has 1 aliphatic carbocycles. The predicted molar refractivity (Wildman–Crippen MR) is 79.1 cm³/mol. The normalized spacial score (nSPS) is 16.5. The number of nitrogens with zero attached hydrogens (tertiary/aromatic N) is 3. The zero-order valence-corrected chi connectivity index (χ0v) is 10.7. The second kappa shape index (κ2) is 4.13. The molecule has 20 heavy (non-hydrogen) atoms. The Hall–Kier alpha value is -2.75. The average molecular weight is 260 g/mol. The summed E-state index contributed by atoms with van der Waals surface area (Å²) < 4.78 is 0. The molecule has 1 heterocycles. The molecule has 1 aliphatic rings. The molecule has 0 saturated carbocycles. The maximum Gasteiger partial charge on any atom is 0.223 e. The lowest BCUT2D eigenvalue weighted by atomic mass is 9.85. The molecule has 2 aromatic carbocycles. The third-order valence-electron chi connectivity index (χ3n) is 3.66. The molecule has 96 valence electrons. The molecule has 0 fully saturated rings. The van der Waals surface area contributed by atoms with Crippen LogP contribution in [0.2, 0.25) is 0 Å². The van der Waals surface area contributed by atoms with Crippen LogP contribution in [0.5, 0.6) is 0 Å². The van der Waals surface area contributed by atoms with Crippen LogP contribution in [0.25, 0.3) is 16.8 Å². The summed E-state index contributed by atoms with van der Waals surface area (Å²) in [5.74, 6) is 0.976. The van der Waals surface area contributed by atoms with E-state index in [1.165, 1.54) is 28.2 Å². The van der Waals surface area contributed by atoms with Gasteiger partial charge in [0.2, 0.25) is 5.95 Å². The van der Waals surface area contributed by atoms with E-state index in [1.807, 2.05) is 0 Å². The van der Waals surface area contributed by atoms with E-state index in [2.05, 4.69) is 63.5 Å². The van der Waals surface area contributed by atoms with Crippen LogP contribution in [0.4, 0.5) is 5.95 Å². The molecule has 0 aliphatic heterocycles. The second-order valence-electron chi connectivity index (χ2n) is 4.83. The SMILES string of the molecule is Nc1ncnc(C2C=Cc3cccc4cccc2c34)n1. The van der Waals surface area contributed by atoms with E-state index in [0.717, 1.165) is 0 Å². The van der Waals surface area contributed by atoms with Crippen molar-refractivity contribution < 1.29 is 0 Å². The predicted octanol–water partition coefficient (Wildman–Crippen LogP) is 2.77. The molecule has 4 heteroatoms. The molecular formula is C16H12N4. The highest BCUT2D eigenvalue weighted by Crippen LogP contribution is 2.36. The maximum atomic E-state index is 5.67. The molecular weight excluding hydrogens is 248 g/mol. The number of nitrogens with two attached hydrogens (primary N) is 1. The molecule has 3 aromatic rings. The number of allylic oxidation sites excluding steroid dienone is 1. The summed E-state index contributed by atoms with van der Waals surface area (Å²) >= 11 is 0. The lowest BCUT2D eigenvalue weighted by Crippen LogP contribution is -2.09. The van der Waals surface area contributed by atoms with E-state index in [0.29, 0.717) is 5.82 Å². The lowest BCUT2D eigenvalue weighted by molar-refractivity contribution is 0.863. The Morgan fingerprint density at radius 1 is 1.00 bits per heavy atom. The van der Waals surface area contributed by atoms with Gasteiger partial charge in [-0.25, -0.2) is 9.97 Å². The van der Waals surface area contributed by atoms with Crippen LogP contribution in [-0.2, 0) is 0 Å². The van der Waals surface area contributed by atoms with E-state index in [4.69, 9.17) is 5.73 Å². The van der Waals surface area contributed by atoms with Crippen LogP contribution >= 0.6 is 0 Å². The Morgan fingerprint density at radius 3 is 2.70 bits per heavy atom. The zero-order valence-electron chi connectivity index (χ0n) is 10.7. The van der Waals surface area contributed by atoms with Crippen LogP contribution in [0.15, 0.2) is 48.8 Å². The summed E-state index contributed by atoms with van der Waals surface area (Å²) in [5, 5.41) is 2.50. The standard InChI is InChI=1S/C16H12N4/c17-16-19-9-18-15(20-16)13-8-7-11-4-1-3-10-5-2-6-12(13)14(10)11/h1-9,13H,(H2,17,18,19,20). The van der Waals surface area contributed by atoms with Gasteiger partial charge in [0.05, 0.1) is 5.92 Å². The first-order valence-electron chi connectivity index (χ1n) is 6.47. The maximum absolute atomic E-state index is 5.67. The largest absolute Gasteiger partial charge is 0.368 e. The Labute approximate surface area is 116 Å². The van der Waals surface area contributed by atoms with E-state index in [1.54, 1.807) is 0 Å². The zero-order chi connectivity index (χ0) is 13.5. The van der Waals surface area contributed by atoms with Gasteiger partial charge in [-0.05, 0) is 21.9 Å². The van der Waals surface area contributed by atoms with Crippen molar-refractivity contribution in [2.75, 3.05) is 5.73 Å². The van der Waals surface area contributed by atoms with Gasteiger partial charge < -0.3 is 5.73 Å². The van der Waals surface area contributed by atoms with Crippen LogP contribution in [0.1, 0.15) is 22.9 Å². The summed E-state index contributed by atoms with van der Waals surface area (Å²) in [6, 6.07) is 12.6. The van der Waals surface area contributed by atoms with Gasteiger partial charge in [-0.2, -0.15) is 4.98 Å². The number of anilines is 1. The highest BCUT2D eigenvalue weighted by Gasteiger charge is 2.21. The first kappa shape index (κ1) is 11.1. The molecule has 1 aromatic heterocycles. The van der Waals surface area contributed by atoms with Crippen LogP contribution < -0.4 is 5.73 Å². The summed E-state index contributed by atoms with van der Waals surface area (Å²) in [5.41, 5.74) is 8.12. The average Bonchev–Trinajstić information content (AvgIpc) is 2.48. The van der Waals surface area contributed by atoms with Gasteiger partial charge in [-0.3, -0.25) is 0 Å². The van der Waals surface area contributed by atoms with Gasteiger partial charge in [0.1, 0.15) is 12.2 Å². The quantitative estimate of drug-likeness (QED) is 0.730. The minimum atomic E-state index is 0.0268. The molecule has 1 unspecified atom stereocenters. The number of hydrogen-bond acceptors (Lipinski definition) is 4. The first-order valence-corrected chi connectivity index (χ1v) is 6.47. The molecule has 1 atom stereocenters. The van der Waals surface area contributed by atoms with Crippen molar-refractivity contribution in [3.8, 4) is 0 Å². The van der Waals surface area contributed by atoms with Gasteiger partial charge in [0, 0.05) is 0 Å². The third kappa shape index (κ3) is 1.58. The monoisotopic (exact) mass is 260 g/mol. The minimum absolute atomic E-state index is 0.0268. The fourth-order valence-electron chi connectivity index (χ4n) is 2.80.